The van der Waals surface area contributed by atoms with Gasteiger partial charge in [0.2, 0.25) is 0 Å². The van der Waals surface area contributed by atoms with Crippen molar-refractivity contribution < 1.29 is 66.9 Å². The number of carbonyl (C=O) groups is 2. The molecule has 1 saturated carbocycles. The minimum atomic E-state index is -5.58. The summed E-state index contributed by atoms with van der Waals surface area (Å²) >= 11 is 0. The minimum absolute atomic E-state index is 0.0418. The van der Waals surface area contributed by atoms with Crippen LogP contribution in [0.15, 0.2) is 0 Å². The third kappa shape index (κ3) is 9.07. The van der Waals surface area contributed by atoms with Crippen LogP contribution in [-0.4, -0.2) is 78.5 Å². The summed E-state index contributed by atoms with van der Waals surface area (Å²) in [6, 6.07) is 0. The maximum Gasteiger partial charge on any atom is 0.523 e. The number of carbonyl (C=O) groups excluding carboxylic acids is 2. The van der Waals surface area contributed by atoms with E-state index in [1.165, 1.54) is 0 Å². The fraction of sp³-hybridized carbons (Fsp3) is 0.882. The smallest absolute Gasteiger partial charge is 0.430 e. The van der Waals surface area contributed by atoms with Gasteiger partial charge >= 0.3 is 27.9 Å². The lowest BCUT2D eigenvalue weighted by Crippen LogP contribution is -2.27. The highest BCUT2D eigenvalue weighted by atomic mass is 32.2. The zero-order chi connectivity index (χ0) is 25.4. The predicted octanol–water partition coefficient (Wildman–Crippen LogP) is 2.37. The number of rotatable bonds is 9. The molecule has 0 bridgehead atoms. The van der Waals surface area contributed by atoms with Crippen LogP contribution in [0, 0.1) is 0 Å². The number of hydrogen-bond acceptors (Lipinski definition) is 12. The first-order chi connectivity index (χ1) is 15.8. The van der Waals surface area contributed by atoms with Gasteiger partial charge in [0.1, 0.15) is 25.4 Å². The van der Waals surface area contributed by atoms with Crippen LogP contribution in [-0.2, 0) is 47.5 Å². The molecule has 0 spiro atoms. The third-order valence-electron chi connectivity index (χ3n) is 4.91. The third-order valence-corrected chi connectivity index (χ3v) is 7.74. The van der Waals surface area contributed by atoms with Crippen LogP contribution < -0.4 is 0 Å². The van der Waals surface area contributed by atoms with Crippen LogP contribution in [0.4, 0.5) is 22.8 Å². The van der Waals surface area contributed by atoms with Crippen LogP contribution >= 0.6 is 0 Å². The number of ether oxygens (including phenoxy) is 4. The Bertz CT molecular complexity index is 897. The van der Waals surface area contributed by atoms with E-state index >= 15 is 0 Å². The summed E-state index contributed by atoms with van der Waals surface area (Å²) in [6.45, 7) is -0.650. The van der Waals surface area contributed by atoms with Gasteiger partial charge < -0.3 is 18.9 Å². The van der Waals surface area contributed by atoms with E-state index in [1.54, 1.807) is 0 Å². The molecule has 0 aromatic heterocycles. The van der Waals surface area contributed by atoms with Gasteiger partial charge in [0.05, 0.1) is 18.5 Å². The Labute approximate surface area is 194 Å². The molecule has 0 radical (unpaired) electrons. The molecule has 2 unspecified atom stereocenters. The zero-order valence-corrected chi connectivity index (χ0v) is 19.5. The summed E-state index contributed by atoms with van der Waals surface area (Å²) in [7, 11) is -9.05. The monoisotopic (exact) mass is 542 g/mol. The van der Waals surface area contributed by atoms with Crippen LogP contribution in [0.25, 0.3) is 0 Å². The van der Waals surface area contributed by atoms with E-state index < -0.39 is 50.8 Å². The number of halogens is 3. The number of hydrogen-bond donors (Lipinski definition) is 0. The van der Waals surface area contributed by atoms with E-state index in [4.69, 9.17) is 8.92 Å². The fourth-order valence-electron chi connectivity index (χ4n) is 3.12. The van der Waals surface area contributed by atoms with Crippen molar-refractivity contribution in [2.24, 2.45) is 0 Å². The van der Waals surface area contributed by atoms with Crippen LogP contribution in [0.3, 0.4) is 0 Å². The number of cyclic esters (lactones) is 4. The van der Waals surface area contributed by atoms with E-state index in [0.29, 0.717) is 19.3 Å². The average Bonchev–Trinajstić information content (AvgIpc) is 3.36. The Morgan fingerprint density at radius 2 is 1.26 bits per heavy atom. The highest BCUT2D eigenvalue weighted by Gasteiger charge is 2.47. The lowest BCUT2D eigenvalue weighted by molar-refractivity contribution is -0.0547. The molecule has 12 nitrogen and oxygen atoms in total. The molecule has 2 saturated heterocycles. The number of alkyl halides is 3. The molecule has 0 aromatic rings. The molecule has 1 aliphatic carbocycles. The molecule has 0 aromatic carbocycles. The Kier molecular flexibility index (Phi) is 10.2. The molecule has 198 valence electrons. The Hall–Kier alpha value is -1.85. The van der Waals surface area contributed by atoms with Crippen LogP contribution in [0.5, 0.6) is 0 Å². The van der Waals surface area contributed by atoms with Gasteiger partial charge in [-0.1, -0.05) is 19.3 Å². The van der Waals surface area contributed by atoms with Crippen LogP contribution in [0.2, 0.25) is 0 Å². The largest absolute Gasteiger partial charge is 0.523 e. The summed E-state index contributed by atoms with van der Waals surface area (Å²) in [4.78, 5) is 21.0. The maximum absolute atomic E-state index is 11.9. The molecule has 2 aliphatic heterocycles. The lowest BCUT2D eigenvalue weighted by Gasteiger charge is -2.21. The summed E-state index contributed by atoms with van der Waals surface area (Å²) in [6.07, 6.45) is 1.70. The van der Waals surface area contributed by atoms with Crippen molar-refractivity contribution in [3.63, 3.8) is 0 Å². The molecule has 0 amide bonds. The van der Waals surface area contributed by atoms with Gasteiger partial charge in [-0.3, -0.25) is 8.37 Å². The van der Waals surface area contributed by atoms with Crippen LogP contribution in [0.1, 0.15) is 44.9 Å². The van der Waals surface area contributed by atoms with Crippen molar-refractivity contribution in [3.05, 3.63) is 0 Å². The van der Waals surface area contributed by atoms with Gasteiger partial charge in [-0.05, 0) is 12.8 Å². The molecule has 3 aliphatic rings. The molecular weight excluding hydrogens is 517 g/mol. The van der Waals surface area contributed by atoms with E-state index in [0.717, 1.165) is 19.3 Å². The second-order valence-corrected chi connectivity index (χ2v) is 11.0. The van der Waals surface area contributed by atoms with Crippen molar-refractivity contribution in [3.8, 4) is 0 Å². The molecule has 3 rings (SSSR count). The van der Waals surface area contributed by atoms with Crippen molar-refractivity contribution in [1.29, 1.82) is 0 Å². The first-order valence-electron chi connectivity index (χ1n) is 10.3. The first-order valence-corrected chi connectivity index (χ1v) is 13.2. The fourth-order valence-corrected chi connectivity index (χ4v) is 5.00. The highest BCUT2D eigenvalue weighted by Crippen LogP contribution is 2.26. The second kappa shape index (κ2) is 12.2. The molecule has 17 heteroatoms. The molecule has 34 heavy (non-hydrogen) atoms. The van der Waals surface area contributed by atoms with E-state index in [2.05, 4.69) is 18.4 Å². The maximum atomic E-state index is 11.9. The highest BCUT2D eigenvalue weighted by molar-refractivity contribution is 7.87. The van der Waals surface area contributed by atoms with Gasteiger partial charge in [-0.2, -0.15) is 30.0 Å². The SMILES string of the molecule is O=C1OCC(CCOS(=O)(=O)C(F)(F)F)O1.O=C1OCC(CCOS(=O)(=O)C2CCCCC2)O1. The van der Waals surface area contributed by atoms with E-state index in [9.17, 15) is 39.6 Å². The van der Waals surface area contributed by atoms with E-state index in [-0.39, 0.29) is 37.6 Å². The van der Waals surface area contributed by atoms with Crippen molar-refractivity contribution >= 4 is 32.5 Å². The summed E-state index contributed by atoms with van der Waals surface area (Å²) in [5.74, 6) is 0. The van der Waals surface area contributed by atoms with Gasteiger partial charge in [-0.15, -0.1) is 0 Å². The molecule has 2 heterocycles. The standard InChI is InChI=1S/C11H18O6S.C6H7F3O6S/c12-11-15-8-9(17-11)6-7-16-18(13,14)10-4-2-1-3-5-10;7-6(8,9)16(11,12)14-2-1-4-3-13-5(10)15-4/h9-10H,1-8H2;4H,1-3H2. The van der Waals surface area contributed by atoms with Gasteiger partial charge in [-0.25, -0.2) is 9.59 Å². The topological polar surface area (TPSA) is 158 Å². The minimum Gasteiger partial charge on any atom is -0.430 e. The summed E-state index contributed by atoms with van der Waals surface area (Å²) < 4.78 is 107. The quantitative estimate of drug-likeness (QED) is 0.238. The zero-order valence-electron chi connectivity index (χ0n) is 17.9. The van der Waals surface area contributed by atoms with Gasteiger partial charge in [0, 0.05) is 12.8 Å². The Balaban J connectivity index is 0.000000242. The normalized spacial score (nSPS) is 23.9. The van der Waals surface area contributed by atoms with Crippen molar-refractivity contribution in [1.82, 2.24) is 0 Å². The molecule has 2 atom stereocenters. The van der Waals surface area contributed by atoms with Gasteiger partial charge in [0.25, 0.3) is 10.1 Å². The molecule has 3 fully saturated rings. The summed E-state index contributed by atoms with van der Waals surface area (Å²) in [5, 5.41) is -0.367. The van der Waals surface area contributed by atoms with Gasteiger partial charge in [0.15, 0.2) is 0 Å². The Morgan fingerprint density at radius 3 is 1.68 bits per heavy atom. The lowest BCUT2D eigenvalue weighted by atomic mass is 10.0. The molecule has 0 N–H and O–H groups in total. The Morgan fingerprint density at radius 1 is 0.794 bits per heavy atom. The molecular formula is C17H25F3O12S2. The average molecular weight is 543 g/mol. The van der Waals surface area contributed by atoms with Crippen molar-refractivity contribution in [2.45, 2.75) is 67.9 Å². The second-order valence-electron chi connectivity index (χ2n) is 7.48. The predicted molar refractivity (Wildman–Crippen MR) is 104 cm³/mol. The summed E-state index contributed by atoms with van der Waals surface area (Å²) in [5.41, 5.74) is -5.45. The van der Waals surface area contributed by atoms with Crippen molar-refractivity contribution in [2.75, 3.05) is 26.4 Å². The first kappa shape index (κ1) is 28.4. The van der Waals surface area contributed by atoms with E-state index in [1.807, 2.05) is 0 Å².